The number of rotatable bonds is 12. The molecule has 21 heavy (non-hydrogen) atoms. The van der Waals surface area contributed by atoms with Gasteiger partial charge in [0.1, 0.15) is 0 Å². The molecule has 2 nitrogen and oxygen atoms in total. The second-order valence-corrected chi connectivity index (χ2v) is 6.88. The van der Waals surface area contributed by atoms with Crippen LogP contribution in [0.5, 0.6) is 0 Å². The normalized spacial score (nSPS) is 11.5. The molecule has 0 saturated carbocycles. The van der Waals surface area contributed by atoms with Gasteiger partial charge in [0.15, 0.2) is 0 Å². The molecule has 0 aromatic heterocycles. The smallest absolute Gasteiger partial charge is 0.0185 e. The van der Waals surface area contributed by atoms with E-state index in [1.807, 2.05) is 11.8 Å². The Labute approximate surface area is 135 Å². The lowest BCUT2D eigenvalue weighted by molar-refractivity contribution is 0.219. The standard InChI is InChI=1S/C18H32N2S/c1-4-5-13-20(17(2)3)14-11-19-12-15-21-16-18-9-7-6-8-10-18/h6-10,17,19H,4-5,11-16H2,1-3H3. The molecular formula is C18H32N2S. The molecule has 0 atom stereocenters. The number of nitrogens with one attached hydrogen (secondary N) is 1. The van der Waals surface area contributed by atoms with Crippen LogP contribution in [0.3, 0.4) is 0 Å². The predicted octanol–water partition coefficient (Wildman–Crippen LogP) is 4.02. The van der Waals surface area contributed by atoms with Crippen LogP contribution in [0.1, 0.15) is 39.2 Å². The summed E-state index contributed by atoms with van der Waals surface area (Å²) in [7, 11) is 0. The second-order valence-electron chi connectivity index (χ2n) is 5.77. The third-order valence-corrected chi connectivity index (χ3v) is 4.67. The molecular weight excluding hydrogens is 276 g/mol. The highest BCUT2D eigenvalue weighted by Gasteiger charge is 2.07. The Kier molecular flexibility index (Phi) is 10.7. The maximum atomic E-state index is 3.57. The van der Waals surface area contributed by atoms with E-state index in [1.54, 1.807) is 0 Å². The number of benzene rings is 1. The Bertz CT molecular complexity index is 340. The Morgan fingerprint density at radius 1 is 1.10 bits per heavy atom. The van der Waals surface area contributed by atoms with Crippen LogP contribution >= 0.6 is 11.8 Å². The molecule has 0 spiro atoms. The predicted molar refractivity (Wildman–Crippen MR) is 97.1 cm³/mol. The second kappa shape index (κ2) is 12.1. The van der Waals surface area contributed by atoms with Gasteiger partial charge in [0.05, 0.1) is 0 Å². The van der Waals surface area contributed by atoms with E-state index in [0.29, 0.717) is 6.04 Å². The first kappa shape index (κ1) is 18.5. The summed E-state index contributed by atoms with van der Waals surface area (Å²) in [5.74, 6) is 2.31. The Balaban J connectivity index is 2.00. The van der Waals surface area contributed by atoms with Crippen LogP contribution < -0.4 is 5.32 Å². The van der Waals surface area contributed by atoms with Crippen LogP contribution in [0.15, 0.2) is 30.3 Å². The summed E-state index contributed by atoms with van der Waals surface area (Å²) in [6, 6.07) is 11.4. The highest BCUT2D eigenvalue weighted by Crippen LogP contribution is 2.10. The average Bonchev–Trinajstić information content (AvgIpc) is 2.50. The molecule has 0 aliphatic heterocycles. The monoisotopic (exact) mass is 308 g/mol. The zero-order valence-electron chi connectivity index (χ0n) is 14.0. The molecule has 0 radical (unpaired) electrons. The summed E-state index contributed by atoms with van der Waals surface area (Å²) >= 11 is 2.01. The summed E-state index contributed by atoms with van der Waals surface area (Å²) in [4.78, 5) is 2.58. The molecule has 1 aromatic carbocycles. The van der Waals surface area contributed by atoms with Gasteiger partial charge in [0, 0.05) is 37.2 Å². The molecule has 3 heteroatoms. The Morgan fingerprint density at radius 3 is 2.52 bits per heavy atom. The molecule has 1 aromatic rings. The fourth-order valence-corrected chi connectivity index (χ4v) is 3.11. The van der Waals surface area contributed by atoms with Crippen LogP contribution in [-0.2, 0) is 5.75 Å². The maximum absolute atomic E-state index is 3.57. The topological polar surface area (TPSA) is 15.3 Å². The first-order valence-corrected chi connectivity index (χ1v) is 9.46. The van der Waals surface area contributed by atoms with Crippen molar-refractivity contribution >= 4 is 11.8 Å². The van der Waals surface area contributed by atoms with Gasteiger partial charge in [-0.25, -0.2) is 0 Å². The maximum Gasteiger partial charge on any atom is 0.0185 e. The fourth-order valence-electron chi connectivity index (χ4n) is 2.25. The minimum atomic E-state index is 0.658. The minimum Gasteiger partial charge on any atom is -0.315 e. The zero-order valence-corrected chi connectivity index (χ0v) is 14.8. The van der Waals surface area contributed by atoms with Gasteiger partial charge in [-0.15, -0.1) is 0 Å². The summed E-state index contributed by atoms with van der Waals surface area (Å²) in [5.41, 5.74) is 1.42. The minimum absolute atomic E-state index is 0.658. The van der Waals surface area contributed by atoms with Gasteiger partial charge in [-0.2, -0.15) is 11.8 Å². The van der Waals surface area contributed by atoms with E-state index in [0.717, 1.165) is 18.8 Å². The lowest BCUT2D eigenvalue weighted by atomic mass is 10.2. The van der Waals surface area contributed by atoms with Crippen LogP contribution in [-0.4, -0.2) is 42.9 Å². The molecule has 0 aliphatic rings. The van der Waals surface area contributed by atoms with Crippen LogP contribution in [0.25, 0.3) is 0 Å². The fraction of sp³-hybridized carbons (Fsp3) is 0.667. The van der Waals surface area contributed by atoms with E-state index in [4.69, 9.17) is 0 Å². The molecule has 0 bridgehead atoms. The highest BCUT2D eigenvalue weighted by atomic mass is 32.2. The number of nitrogens with zero attached hydrogens (tertiary/aromatic N) is 1. The van der Waals surface area contributed by atoms with E-state index in [1.165, 1.54) is 37.2 Å². The number of hydrogen-bond donors (Lipinski definition) is 1. The van der Waals surface area contributed by atoms with Crippen molar-refractivity contribution in [3.05, 3.63) is 35.9 Å². The van der Waals surface area contributed by atoms with E-state index in [9.17, 15) is 0 Å². The van der Waals surface area contributed by atoms with Gasteiger partial charge >= 0.3 is 0 Å². The average molecular weight is 309 g/mol. The molecule has 0 heterocycles. The van der Waals surface area contributed by atoms with Crippen LogP contribution in [0.4, 0.5) is 0 Å². The number of unbranched alkanes of at least 4 members (excludes halogenated alkanes) is 1. The first-order valence-electron chi connectivity index (χ1n) is 8.30. The van der Waals surface area contributed by atoms with Crippen LogP contribution in [0.2, 0.25) is 0 Å². The van der Waals surface area contributed by atoms with Gasteiger partial charge < -0.3 is 5.32 Å². The third kappa shape index (κ3) is 9.18. The van der Waals surface area contributed by atoms with E-state index < -0.39 is 0 Å². The summed E-state index contributed by atoms with van der Waals surface area (Å²) in [6.45, 7) is 11.5. The lowest BCUT2D eigenvalue weighted by Crippen LogP contribution is -2.38. The molecule has 120 valence electrons. The molecule has 1 N–H and O–H groups in total. The molecule has 0 saturated heterocycles. The largest absolute Gasteiger partial charge is 0.315 e. The van der Waals surface area contributed by atoms with Crippen molar-refractivity contribution in [2.24, 2.45) is 0 Å². The van der Waals surface area contributed by atoms with Crippen molar-refractivity contribution < 1.29 is 0 Å². The number of hydrogen-bond acceptors (Lipinski definition) is 3. The summed E-state index contributed by atoms with van der Waals surface area (Å²) in [6.07, 6.45) is 2.60. The molecule has 0 unspecified atom stereocenters. The van der Waals surface area contributed by atoms with E-state index in [-0.39, 0.29) is 0 Å². The van der Waals surface area contributed by atoms with Crippen molar-refractivity contribution in [1.29, 1.82) is 0 Å². The molecule has 0 amide bonds. The van der Waals surface area contributed by atoms with E-state index >= 15 is 0 Å². The summed E-state index contributed by atoms with van der Waals surface area (Å²) in [5, 5.41) is 3.57. The van der Waals surface area contributed by atoms with Gasteiger partial charge in [-0.3, -0.25) is 4.90 Å². The number of thioether (sulfide) groups is 1. The summed E-state index contributed by atoms with van der Waals surface area (Å²) < 4.78 is 0. The van der Waals surface area contributed by atoms with Crippen molar-refractivity contribution in [2.45, 2.75) is 45.4 Å². The van der Waals surface area contributed by atoms with Crippen molar-refractivity contribution in [3.63, 3.8) is 0 Å². The van der Waals surface area contributed by atoms with Crippen molar-refractivity contribution in [3.8, 4) is 0 Å². The quantitative estimate of drug-likeness (QED) is 0.587. The lowest BCUT2D eigenvalue weighted by Gasteiger charge is -2.26. The van der Waals surface area contributed by atoms with E-state index in [2.05, 4.69) is 61.3 Å². The third-order valence-electron chi connectivity index (χ3n) is 3.64. The van der Waals surface area contributed by atoms with Gasteiger partial charge in [-0.1, -0.05) is 43.7 Å². The van der Waals surface area contributed by atoms with Gasteiger partial charge in [-0.05, 0) is 32.4 Å². The van der Waals surface area contributed by atoms with Crippen molar-refractivity contribution in [2.75, 3.05) is 31.9 Å². The molecule has 0 fully saturated rings. The van der Waals surface area contributed by atoms with Crippen LogP contribution in [0, 0.1) is 0 Å². The first-order chi connectivity index (χ1) is 10.2. The highest BCUT2D eigenvalue weighted by molar-refractivity contribution is 7.98. The molecule has 1 rings (SSSR count). The SMILES string of the molecule is CCCCN(CCNCCSCc1ccccc1)C(C)C. The Hall–Kier alpha value is -0.510. The van der Waals surface area contributed by atoms with Crippen molar-refractivity contribution in [1.82, 2.24) is 10.2 Å². The Morgan fingerprint density at radius 2 is 1.86 bits per heavy atom. The zero-order chi connectivity index (χ0) is 15.3. The van der Waals surface area contributed by atoms with Gasteiger partial charge in [0.2, 0.25) is 0 Å². The molecule has 0 aliphatic carbocycles. The van der Waals surface area contributed by atoms with Gasteiger partial charge in [0.25, 0.3) is 0 Å².